The lowest BCUT2D eigenvalue weighted by molar-refractivity contribution is -0.130. The van der Waals surface area contributed by atoms with Gasteiger partial charge in [0.2, 0.25) is 11.8 Å². The summed E-state index contributed by atoms with van der Waals surface area (Å²) in [5.74, 6) is -0.341. The number of amides is 2. The third-order valence-corrected chi connectivity index (χ3v) is 5.37. The Balaban J connectivity index is 1.55. The Bertz CT molecular complexity index is 962. The fourth-order valence-electron chi connectivity index (χ4n) is 3.52. The van der Waals surface area contributed by atoms with E-state index in [1.165, 1.54) is 0 Å². The standard InChI is InChI=1S/C22H22N4O2/c1-23-20(27)19(16-5-3-2-4-6-16)26-21(28)22(11-12-22)18-9-7-15(8-10-18)17-13-24-25-14-17/h2-10,13-14,19H,11-12H2,1H3,(H,23,27)(H,24,25)(H,26,28). The highest BCUT2D eigenvalue weighted by Crippen LogP contribution is 2.49. The SMILES string of the molecule is CNC(=O)C(NC(=O)C1(c2ccc(-c3cn[nH]c3)cc2)CC1)c1ccccc1. The molecule has 1 aliphatic rings. The number of carbonyl (C=O) groups is 2. The van der Waals surface area contributed by atoms with Gasteiger partial charge in [0.25, 0.3) is 0 Å². The predicted molar refractivity (Wildman–Crippen MR) is 106 cm³/mol. The van der Waals surface area contributed by atoms with Crippen molar-refractivity contribution < 1.29 is 9.59 Å². The molecule has 3 aromatic rings. The van der Waals surface area contributed by atoms with Crippen molar-refractivity contribution >= 4 is 11.8 Å². The molecule has 6 heteroatoms. The largest absolute Gasteiger partial charge is 0.357 e. The number of benzene rings is 2. The highest BCUT2D eigenvalue weighted by Gasteiger charge is 2.52. The van der Waals surface area contributed by atoms with Crippen molar-refractivity contribution in [3.8, 4) is 11.1 Å². The number of nitrogens with one attached hydrogen (secondary N) is 3. The van der Waals surface area contributed by atoms with Gasteiger partial charge in [-0.05, 0) is 29.5 Å². The highest BCUT2D eigenvalue weighted by atomic mass is 16.2. The van der Waals surface area contributed by atoms with Crippen molar-refractivity contribution in [1.82, 2.24) is 20.8 Å². The first-order valence-electron chi connectivity index (χ1n) is 9.31. The molecule has 6 nitrogen and oxygen atoms in total. The summed E-state index contributed by atoms with van der Waals surface area (Å²) in [5.41, 5.74) is 3.23. The van der Waals surface area contributed by atoms with Crippen molar-refractivity contribution in [3.05, 3.63) is 78.1 Å². The number of aromatic nitrogens is 2. The summed E-state index contributed by atoms with van der Waals surface area (Å²) >= 11 is 0. The minimum atomic E-state index is -0.707. The van der Waals surface area contributed by atoms with Gasteiger partial charge in [-0.2, -0.15) is 5.10 Å². The number of rotatable bonds is 6. The van der Waals surface area contributed by atoms with Crippen LogP contribution in [-0.4, -0.2) is 29.1 Å². The molecule has 0 saturated heterocycles. The second-order valence-corrected chi connectivity index (χ2v) is 7.08. The van der Waals surface area contributed by atoms with Crippen LogP contribution in [0.25, 0.3) is 11.1 Å². The summed E-state index contributed by atoms with van der Waals surface area (Å²) in [4.78, 5) is 25.5. The van der Waals surface area contributed by atoms with E-state index in [0.717, 1.165) is 35.1 Å². The van der Waals surface area contributed by atoms with Gasteiger partial charge >= 0.3 is 0 Å². The second kappa shape index (κ2) is 7.31. The zero-order chi connectivity index (χ0) is 19.6. The van der Waals surface area contributed by atoms with E-state index in [1.807, 2.05) is 60.8 Å². The molecule has 28 heavy (non-hydrogen) atoms. The first-order chi connectivity index (χ1) is 13.6. The lowest BCUT2D eigenvalue weighted by Gasteiger charge is -2.22. The average Bonchev–Trinajstić information content (AvgIpc) is 3.38. The number of hydrogen-bond acceptors (Lipinski definition) is 3. The fourth-order valence-corrected chi connectivity index (χ4v) is 3.52. The van der Waals surface area contributed by atoms with E-state index < -0.39 is 11.5 Å². The van der Waals surface area contributed by atoms with Crippen LogP contribution in [-0.2, 0) is 15.0 Å². The molecular weight excluding hydrogens is 352 g/mol. The maximum atomic E-state index is 13.1. The Kier molecular flexibility index (Phi) is 4.69. The molecule has 4 rings (SSSR count). The Morgan fingerprint density at radius 3 is 2.32 bits per heavy atom. The molecule has 1 unspecified atom stereocenters. The molecule has 0 radical (unpaired) electrons. The Morgan fingerprint density at radius 2 is 1.75 bits per heavy atom. The van der Waals surface area contributed by atoms with Gasteiger partial charge in [0, 0.05) is 18.8 Å². The van der Waals surface area contributed by atoms with Gasteiger partial charge in [0.1, 0.15) is 6.04 Å². The molecule has 2 aromatic carbocycles. The molecule has 0 bridgehead atoms. The topological polar surface area (TPSA) is 86.9 Å². The van der Waals surface area contributed by atoms with Crippen LogP contribution < -0.4 is 10.6 Å². The zero-order valence-electron chi connectivity index (χ0n) is 15.6. The van der Waals surface area contributed by atoms with Gasteiger partial charge in [-0.25, -0.2) is 0 Å². The molecule has 1 aliphatic carbocycles. The molecule has 1 heterocycles. The summed E-state index contributed by atoms with van der Waals surface area (Å²) in [5, 5.41) is 12.4. The van der Waals surface area contributed by atoms with Crippen molar-refractivity contribution in [2.45, 2.75) is 24.3 Å². The van der Waals surface area contributed by atoms with Gasteiger partial charge in [0.15, 0.2) is 0 Å². The maximum Gasteiger partial charge on any atom is 0.246 e. The first-order valence-corrected chi connectivity index (χ1v) is 9.31. The summed E-state index contributed by atoms with van der Waals surface area (Å²) in [6.45, 7) is 0. The molecule has 142 valence electrons. The maximum absolute atomic E-state index is 13.1. The van der Waals surface area contributed by atoms with Crippen molar-refractivity contribution in [1.29, 1.82) is 0 Å². The number of aromatic amines is 1. The van der Waals surface area contributed by atoms with E-state index in [2.05, 4.69) is 20.8 Å². The molecule has 1 atom stereocenters. The van der Waals surface area contributed by atoms with Crippen LogP contribution in [0, 0.1) is 0 Å². The number of carbonyl (C=O) groups excluding carboxylic acids is 2. The quantitative estimate of drug-likeness (QED) is 0.620. The van der Waals surface area contributed by atoms with E-state index in [4.69, 9.17) is 0 Å². The normalized spacial score (nSPS) is 15.5. The van der Waals surface area contributed by atoms with Gasteiger partial charge in [-0.3, -0.25) is 14.7 Å². The van der Waals surface area contributed by atoms with Gasteiger partial charge in [-0.15, -0.1) is 0 Å². The monoisotopic (exact) mass is 374 g/mol. The van der Waals surface area contributed by atoms with Gasteiger partial charge in [-0.1, -0.05) is 54.6 Å². The molecule has 3 N–H and O–H groups in total. The van der Waals surface area contributed by atoms with Crippen LogP contribution in [0.3, 0.4) is 0 Å². The summed E-state index contributed by atoms with van der Waals surface area (Å²) in [6, 6.07) is 16.6. The van der Waals surface area contributed by atoms with Gasteiger partial charge < -0.3 is 10.6 Å². The summed E-state index contributed by atoms with van der Waals surface area (Å²) < 4.78 is 0. The van der Waals surface area contributed by atoms with Crippen LogP contribution >= 0.6 is 0 Å². The van der Waals surface area contributed by atoms with E-state index in [9.17, 15) is 9.59 Å². The molecule has 1 fully saturated rings. The van der Waals surface area contributed by atoms with Crippen LogP contribution in [0.4, 0.5) is 0 Å². The molecule has 1 saturated carbocycles. The molecular formula is C22H22N4O2. The predicted octanol–water partition coefficient (Wildman–Crippen LogP) is 2.71. The molecule has 0 aliphatic heterocycles. The van der Waals surface area contributed by atoms with Gasteiger partial charge in [0.05, 0.1) is 11.6 Å². The molecule has 2 amide bonds. The van der Waals surface area contributed by atoms with E-state index in [1.54, 1.807) is 13.2 Å². The third-order valence-electron chi connectivity index (χ3n) is 5.37. The smallest absolute Gasteiger partial charge is 0.246 e. The minimum absolute atomic E-state index is 0.110. The average molecular weight is 374 g/mol. The van der Waals surface area contributed by atoms with Crippen LogP contribution in [0.5, 0.6) is 0 Å². The third kappa shape index (κ3) is 3.29. The zero-order valence-corrected chi connectivity index (χ0v) is 15.6. The summed E-state index contributed by atoms with van der Waals surface area (Å²) in [7, 11) is 1.58. The molecule has 0 spiro atoms. The summed E-state index contributed by atoms with van der Waals surface area (Å²) in [6.07, 6.45) is 5.16. The second-order valence-electron chi connectivity index (χ2n) is 7.08. The Morgan fingerprint density at radius 1 is 1.04 bits per heavy atom. The number of nitrogens with zero attached hydrogens (tertiary/aromatic N) is 1. The Labute approximate surface area is 163 Å². The van der Waals surface area contributed by atoms with E-state index >= 15 is 0 Å². The highest BCUT2D eigenvalue weighted by molar-refractivity contribution is 5.95. The van der Waals surface area contributed by atoms with Crippen molar-refractivity contribution in [3.63, 3.8) is 0 Å². The lowest BCUT2D eigenvalue weighted by atomic mass is 9.92. The van der Waals surface area contributed by atoms with E-state index in [0.29, 0.717) is 0 Å². The van der Waals surface area contributed by atoms with Crippen LogP contribution in [0.15, 0.2) is 67.0 Å². The van der Waals surface area contributed by atoms with Crippen molar-refractivity contribution in [2.75, 3.05) is 7.05 Å². The van der Waals surface area contributed by atoms with Crippen LogP contribution in [0.2, 0.25) is 0 Å². The lowest BCUT2D eigenvalue weighted by Crippen LogP contribution is -2.43. The first kappa shape index (κ1) is 18.0. The number of H-pyrrole nitrogens is 1. The Hall–Kier alpha value is -3.41. The van der Waals surface area contributed by atoms with Crippen molar-refractivity contribution in [2.24, 2.45) is 0 Å². The number of likely N-dealkylation sites (N-methyl/N-ethyl adjacent to an activating group) is 1. The molecule has 1 aromatic heterocycles. The minimum Gasteiger partial charge on any atom is -0.357 e. The fraction of sp³-hybridized carbons (Fsp3) is 0.227. The van der Waals surface area contributed by atoms with E-state index in [-0.39, 0.29) is 11.8 Å². The number of hydrogen-bond donors (Lipinski definition) is 3. The van der Waals surface area contributed by atoms with Crippen LogP contribution in [0.1, 0.15) is 30.0 Å².